The molecule has 1 aromatic heterocycles. The Morgan fingerprint density at radius 1 is 1.12 bits per heavy atom. The van der Waals surface area contributed by atoms with E-state index in [9.17, 15) is 18.4 Å². The number of allylic oxidation sites excluding steroid dienone is 1. The molecule has 5 rings (SSSR count). The predicted octanol–water partition coefficient (Wildman–Crippen LogP) is 5.65. The van der Waals surface area contributed by atoms with Crippen molar-refractivity contribution in [3.05, 3.63) is 87.8 Å². The van der Waals surface area contributed by atoms with Gasteiger partial charge in [-0.25, -0.2) is 8.78 Å². The lowest BCUT2D eigenvalue weighted by Gasteiger charge is -2.34. The first-order valence-electron chi connectivity index (χ1n) is 10.7. The number of halogens is 2. The monoisotopic (exact) mass is 465 g/mol. The van der Waals surface area contributed by atoms with Crippen molar-refractivity contribution in [2.45, 2.75) is 25.3 Å². The number of carbonyl (C=O) groups is 2. The number of para-hydroxylation sites is 2. The molecule has 0 fully saturated rings. The van der Waals surface area contributed by atoms with E-state index in [0.717, 1.165) is 46.9 Å². The Morgan fingerprint density at radius 2 is 1.97 bits per heavy atom. The minimum Gasteiger partial charge on any atom is -0.357 e. The van der Waals surface area contributed by atoms with Crippen LogP contribution < -0.4 is 15.5 Å². The number of ketones is 1. The Labute approximate surface area is 193 Å². The van der Waals surface area contributed by atoms with Crippen LogP contribution in [0.4, 0.5) is 25.8 Å². The Kier molecular flexibility index (Phi) is 5.68. The quantitative estimate of drug-likeness (QED) is 0.523. The first kappa shape index (κ1) is 21.3. The maximum Gasteiger partial charge on any atom is 0.244 e. The van der Waals surface area contributed by atoms with E-state index in [4.69, 9.17) is 0 Å². The molecule has 3 aromatic rings. The lowest BCUT2D eigenvalue weighted by molar-refractivity contribution is -0.117. The Hall–Kier alpha value is -3.52. The molecule has 2 aliphatic rings. The standard InChI is InChI=1S/C25H21F2N3O2S/c26-15-10-11-17(16(27)13-15)29-23(32)14-30-20-7-2-1-5-18(20)28-19-6-3-8-21(31)24(19)25(30)22-9-4-12-33-22/h1-2,4-5,7,9-13,25,28H,3,6,8,14H2,(H,29,32)/t25-/m0/s1. The molecular weight excluding hydrogens is 444 g/mol. The van der Waals surface area contributed by atoms with Gasteiger partial charge >= 0.3 is 0 Å². The smallest absolute Gasteiger partial charge is 0.244 e. The molecule has 0 radical (unpaired) electrons. The van der Waals surface area contributed by atoms with Crippen molar-refractivity contribution >= 4 is 40.1 Å². The highest BCUT2D eigenvalue weighted by molar-refractivity contribution is 7.10. The second-order valence-electron chi connectivity index (χ2n) is 8.03. The van der Waals surface area contributed by atoms with Gasteiger partial charge < -0.3 is 15.5 Å². The summed E-state index contributed by atoms with van der Waals surface area (Å²) in [6.07, 6.45) is 1.98. The third kappa shape index (κ3) is 4.14. The van der Waals surface area contributed by atoms with Gasteiger partial charge in [-0.15, -0.1) is 11.3 Å². The number of hydrogen-bond acceptors (Lipinski definition) is 5. The Bertz CT molecular complexity index is 1260. The lowest BCUT2D eigenvalue weighted by Crippen LogP contribution is -2.38. The van der Waals surface area contributed by atoms with Crippen molar-refractivity contribution < 1.29 is 18.4 Å². The van der Waals surface area contributed by atoms with Gasteiger partial charge in [0, 0.05) is 28.6 Å². The third-order valence-corrected chi connectivity index (χ3v) is 6.80. The van der Waals surface area contributed by atoms with E-state index in [2.05, 4.69) is 10.6 Å². The number of amides is 1. The van der Waals surface area contributed by atoms with Crippen LogP contribution in [0.1, 0.15) is 30.2 Å². The fourth-order valence-electron chi connectivity index (χ4n) is 4.45. The highest BCUT2D eigenvalue weighted by Crippen LogP contribution is 2.45. The van der Waals surface area contributed by atoms with Crippen molar-refractivity contribution in [1.82, 2.24) is 0 Å². The topological polar surface area (TPSA) is 61.4 Å². The van der Waals surface area contributed by atoms with Gasteiger partial charge in [-0.05, 0) is 48.6 Å². The van der Waals surface area contributed by atoms with Crippen molar-refractivity contribution in [1.29, 1.82) is 0 Å². The maximum atomic E-state index is 14.1. The van der Waals surface area contributed by atoms with Crippen LogP contribution in [0, 0.1) is 11.6 Å². The number of nitrogens with one attached hydrogen (secondary N) is 2. The van der Waals surface area contributed by atoms with Gasteiger partial charge in [0.05, 0.1) is 29.6 Å². The van der Waals surface area contributed by atoms with Gasteiger partial charge in [0.2, 0.25) is 5.91 Å². The summed E-state index contributed by atoms with van der Waals surface area (Å²) in [5, 5.41) is 7.93. The van der Waals surface area contributed by atoms with Crippen LogP contribution in [0.2, 0.25) is 0 Å². The van der Waals surface area contributed by atoms with E-state index in [1.54, 1.807) is 0 Å². The molecule has 1 amide bonds. The van der Waals surface area contributed by atoms with Crippen LogP contribution in [-0.2, 0) is 9.59 Å². The SMILES string of the molecule is O=C(CN1c2ccccc2NC2=C(C(=O)CCC2)[C@@H]1c1cccs1)Nc1ccc(F)cc1F. The minimum absolute atomic E-state index is 0.0601. The highest BCUT2D eigenvalue weighted by Gasteiger charge is 2.37. The zero-order chi connectivity index (χ0) is 22.9. The van der Waals surface area contributed by atoms with Crippen LogP contribution in [0.5, 0.6) is 0 Å². The number of anilines is 3. The number of benzene rings is 2. The molecule has 0 bridgehead atoms. The van der Waals surface area contributed by atoms with Crippen LogP contribution in [0.15, 0.2) is 71.2 Å². The summed E-state index contributed by atoms with van der Waals surface area (Å²) >= 11 is 1.52. The summed E-state index contributed by atoms with van der Waals surface area (Å²) in [5.74, 6) is -1.97. The van der Waals surface area contributed by atoms with E-state index in [-0.39, 0.29) is 18.0 Å². The van der Waals surface area contributed by atoms with Crippen molar-refractivity contribution in [2.75, 3.05) is 22.1 Å². The molecule has 0 unspecified atom stereocenters. The predicted molar refractivity (Wildman–Crippen MR) is 125 cm³/mol. The van der Waals surface area contributed by atoms with E-state index in [0.29, 0.717) is 12.0 Å². The fourth-order valence-corrected chi connectivity index (χ4v) is 5.30. The average molecular weight is 466 g/mol. The molecule has 0 spiro atoms. The number of carbonyl (C=O) groups excluding carboxylic acids is 2. The number of Topliss-reactive ketones (excluding diaryl/α,β-unsaturated/α-hetero) is 1. The first-order chi connectivity index (χ1) is 16.0. The summed E-state index contributed by atoms with van der Waals surface area (Å²) in [4.78, 5) is 29.0. The molecule has 1 aliphatic carbocycles. The minimum atomic E-state index is -0.844. The zero-order valence-corrected chi connectivity index (χ0v) is 18.4. The largest absolute Gasteiger partial charge is 0.357 e. The zero-order valence-electron chi connectivity index (χ0n) is 17.6. The van der Waals surface area contributed by atoms with Crippen LogP contribution in [0.3, 0.4) is 0 Å². The maximum absolute atomic E-state index is 14.1. The lowest BCUT2D eigenvalue weighted by atomic mass is 9.88. The van der Waals surface area contributed by atoms with Crippen LogP contribution in [0.25, 0.3) is 0 Å². The van der Waals surface area contributed by atoms with Crippen molar-refractivity contribution in [2.24, 2.45) is 0 Å². The molecule has 2 aromatic carbocycles. The van der Waals surface area contributed by atoms with Crippen LogP contribution in [-0.4, -0.2) is 18.2 Å². The number of nitrogens with zero attached hydrogens (tertiary/aromatic N) is 1. The Balaban J connectivity index is 1.57. The number of rotatable bonds is 4. The summed E-state index contributed by atoms with van der Waals surface area (Å²) in [7, 11) is 0. The molecule has 168 valence electrons. The normalized spacial score (nSPS) is 17.7. The first-order valence-corrected chi connectivity index (χ1v) is 11.6. The van der Waals surface area contributed by atoms with E-state index >= 15 is 0 Å². The summed E-state index contributed by atoms with van der Waals surface area (Å²) in [5.41, 5.74) is 3.03. The molecule has 8 heteroatoms. The molecule has 5 nitrogen and oxygen atoms in total. The van der Waals surface area contributed by atoms with Crippen molar-refractivity contribution in [3.63, 3.8) is 0 Å². The molecule has 1 aliphatic heterocycles. The average Bonchev–Trinajstić information content (AvgIpc) is 3.27. The molecule has 33 heavy (non-hydrogen) atoms. The number of fused-ring (bicyclic) bond motifs is 1. The fraction of sp³-hybridized carbons (Fsp3) is 0.200. The molecular formula is C25H21F2N3O2S. The molecule has 0 saturated carbocycles. The van der Waals surface area contributed by atoms with Crippen molar-refractivity contribution in [3.8, 4) is 0 Å². The van der Waals surface area contributed by atoms with Gasteiger partial charge in [-0.2, -0.15) is 0 Å². The van der Waals surface area contributed by atoms with Crippen LogP contribution >= 0.6 is 11.3 Å². The molecule has 1 atom stereocenters. The van der Waals surface area contributed by atoms with Gasteiger partial charge in [-0.3, -0.25) is 9.59 Å². The van der Waals surface area contributed by atoms with Gasteiger partial charge in [0.15, 0.2) is 5.78 Å². The summed E-state index contributed by atoms with van der Waals surface area (Å²) in [6, 6.07) is 14.0. The second-order valence-corrected chi connectivity index (χ2v) is 9.01. The molecule has 2 N–H and O–H groups in total. The summed E-state index contributed by atoms with van der Waals surface area (Å²) in [6.45, 7) is -0.123. The number of thiophene rings is 1. The molecule has 0 saturated heterocycles. The molecule has 2 heterocycles. The van der Waals surface area contributed by atoms with Gasteiger partial charge in [0.1, 0.15) is 11.6 Å². The summed E-state index contributed by atoms with van der Waals surface area (Å²) < 4.78 is 27.4. The van der Waals surface area contributed by atoms with Gasteiger partial charge in [0.25, 0.3) is 0 Å². The second kappa shape index (κ2) is 8.78. The van der Waals surface area contributed by atoms with E-state index in [1.807, 2.05) is 46.7 Å². The van der Waals surface area contributed by atoms with E-state index in [1.165, 1.54) is 17.4 Å². The Morgan fingerprint density at radius 3 is 2.76 bits per heavy atom. The van der Waals surface area contributed by atoms with Gasteiger partial charge in [-0.1, -0.05) is 18.2 Å². The highest BCUT2D eigenvalue weighted by atomic mass is 32.1. The third-order valence-electron chi connectivity index (χ3n) is 5.87. The number of hydrogen-bond donors (Lipinski definition) is 2. The van der Waals surface area contributed by atoms with E-state index < -0.39 is 23.6 Å².